The van der Waals surface area contributed by atoms with Crippen molar-refractivity contribution in [1.82, 2.24) is 14.9 Å². The highest BCUT2D eigenvalue weighted by molar-refractivity contribution is 7.91. The third kappa shape index (κ3) is 4.50. The molecule has 5 rings (SSSR count). The molecule has 0 radical (unpaired) electrons. The first kappa shape index (κ1) is 23.4. The van der Waals surface area contributed by atoms with Crippen LogP contribution in [-0.2, 0) is 14.6 Å². The number of amides is 1. The van der Waals surface area contributed by atoms with Crippen molar-refractivity contribution in [2.24, 2.45) is 0 Å². The Kier molecular flexibility index (Phi) is 6.23. The predicted molar refractivity (Wildman–Crippen MR) is 137 cm³/mol. The molecular weight excluding hydrogens is 462 g/mol. The molecule has 7 nitrogen and oxygen atoms in total. The Balaban J connectivity index is 1.54. The van der Waals surface area contributed by atoms with E-state index in [0.29, 0.717) is 30.2 Å². The van der Waals surface area contributed by atoms with Gasteiger partial charge in [-0.15, -0.1) is 0 Å². The standard InChI is InChI=1S/C27H29N3O4S/c1-3-35(32,33)20-8-4-7-19(16-20)21-10-11-23(34-14-6-13-30-12-5-9-24(30)31)26-25(21)22-15-18(2)17-28-27(22)29-26/h4,7-8,10-11,15-17H,3,5-6,9,12-14H2,1-2H3,(H,28,29). The van der Waals surface area contributed by atoms with E-state index in [0.717, 1.165) is 58.0 Å². The Morgan fingerprint density at radius 3 is 2.80 bits per heavy atom. The van der Waals surface area contributed by atoms with Crippen LogP contribution in [0.1, 0.15) is 31.7 Å². The van der Waals surface area contributed by atoms with Crippen molar-refractivity contribution in [2.45, 2.75) is 38.0 Å². The van der Waals surface area contributed by atoms with E-state index in [2.05, 4.69) is 16.0 Å². The normalized spacial score (nSPS) is 14.3. The van der Waals surface area contributed by atoms with Crippen molar-refractivity contribution in [3.8, 4) is 16.9 Å². The molecule has 2 aromatic heterocycles. The molecule has 182 valence electrons. The van der Waals surface area contributed by atoms with E-state index in [4.69, 9.17) is 4.74 Å². The molecule has 0 aliphatic carbocycles. The van der Waals surface area contributed by atoms with Crippen molar-refractivity contribution < 1.29 is 17.9 Å². The van der Waals surface area contributed by atoms with Crippen LogP contribution in [0.2, 0.25) is 0 Å². The maximum atomic E-state index is 12.5. The number of carbonyl (C=O) groups is 1. The Morgan fingerprint density at radius 2 is 2.03 bits per heavy atom. The van der Waals surface area contributed by atoms with E-state index in [1.807, 2.05) is 36.2 Å². The topological polar surface area (TPSA) is 92.4 Å². The minimum Gasteiger partial charge on any atom is -0.491 e. The first-order valence-electron chi connectivity index (χ1n) is 12.0. The predicted octanol–water partition coefficient (Wildman–Crippen LogP) is 4.88. The summed E-state index contributed by atoms with van der Waals surface area (Å²) < 4.78 is 31.2. The van der Waals surface area contributed by atoms with Crippen LogP contribution in [0, 0.1) is 6.92 Å². The van der Waals surface area contributed by atoms with Crippen molar-refractivity contribution in [1.29, 1.82) is 0 Å². The van der Waals surface area contributed by atoms with Crippen LogP contribution in [0.15, 0.2) is 53.6 Å². The highest BCUT2D eigenvalue weighted by atomic mass is 32.2. The van der Waals surface area contributed by atoms with Gasteiger partial charge in [-0.05, 0) is 66.8 Å². The number of ether oxygens (including phenoxy) is 1. The number of H-pyrrole nitrogens is 1. The van der Waals surface area contributed by atoms with E-state index in [-0.39, 0.29) is 11.7 Å². The number of aromatic nitrogens is 2. The van der Waals surface area contributed by atoms with Gasteiger partial charge < -0.3 is 14.6 Å². The molecule has 0 atom stereocenters. The van der Waals surface area contributed by atoms with Gasteiger partial charge in [0.1, 0.15) is 11.4 Å². The zero-order valence-electron chi connectivity index (χ0n) is 20.0. The summed E-state index contributed by atoms with van der Waals surface area (Å²) in [5.74, 6) is 0.989. The number of carbonyl (C=O) groups excluding carboxylic acids is 1. The maximum absolute atomic E-state index is 12.5. The molecule has 1 aliphatic rings. The Labute approximate surface area is 205 Å². The fourth-order valence-corrected chi connectivity index (χ4v) is 5.65. The minimum absolute atomic E-state index is 0.0534. The number of likely N-dealkylation sites (tertiary alicyclic amines) is 1. The Bertz CT molecular complexity index is 1520. The average molecular weight is 492 g/mol. The minimum atomic E-state index is -3.32. The number of nitrogens with zero attached hydrogens (tertiary/aromatic N) is 2. The lowest BCUT2D eigenvalue weighted by Gasteiger charge is -2.16. The molecule has 35 heavy (non-hydrogen) atoms. The molecule has 0 unspecified atom stereocenters. The summed E-state index contributed by atoms with van der Waals surface area (Å²) in [6, 6.07) is 13.1. The average Bonchev–Trinajstić information content (AvgIpc) is 3.45. The molecule has 1 N–H and O–H groups in total. The van der Waals surface area contributed by atoms with E-state index in [1.54, 1.807) is 25.1 Å². The molecule has 1 saturated heterocycles. The van der Waals surface area contributed by atoms with Crippen molar-refractivity contribution in [3.05, 3.63) is 54.2 Å². The Hall–Kier alpha value is -3.39. The number of benzene rings is 2. The van der Waals surface area contributed by atoms with Crippen LogP contribution < -0.4 is 4.74 Å². The van der Waals surface area contributed by atoms with Gasteiger partial charge in [0.25, 0.3) is 0 Å². The van der Waals surface area contributed by atoms with Gasteiger partial charge in [0.15, 0.2) is 9.84 Å². The fraction of sp³-hybridized carbons (Fsp3) is 0.333. The SMILES string of the molecule is CCS(=O)(=O)c1cccc(-c2ccc(OCCCN3CCCC3=O)c3[nH]c4ncc(C)cc4c23)c1. The van der Waals surface area contributed by atoms with Gasteiger partial charge in [0, 0.05) is 36.5 Å². The number of aryl methyl sites for hydroxylation is 1. The molecule has 2 aromatic carbocycles. The van der Waals surface area contributed by atoms with Gasteiger partial charge in [0.05, 0.1) is 22.8 Å². The van der Waals surface area contributed by atoms with Gasteiger partial charge in [0.2, 0.25) is 5.91 Å². The molecule has 3 heterocycles. The number of hydrogen-bond acceptors (Lipinski definition) is 5. The van der Waals surface area contributed by atoms with Crippen molar-refractivity contribution >= 4 is 37.7 Å². The molecule has 0 saturated carbocycles. The second kappa shape index (κ2) is 9.34. The first-order valence-corrected chi connectivity index (χ1v) is 13.7. The van der Waals surface area contributed by atoms with Gasteiger partial charge >= 0.3 is 0 Å². The van der Waals surface area contributed by atoms with E-state index >= 15 is 0 Å². The second-order valence-corrected chi connectivity index (χ2v) is 11.3. The lowest BCUT2D eigenvalue weighted by atomic mass is 9.99. The number of aromatic amines is 1. The summed E-state index contributed by atoms with van der Waals surface area (Å²) in [5, 5.41) is 1.92. The number of sulfone groups is 1. The lowest BCUT2D eigenvalue weighted by Crippen LogP contribution is -2.26. The monoisotopic (exact) mass is 491 g/mol. The van der Waals surface area contributed by atoms with E-state index in [1.165, 1.54) is 0 Å². The number of hydrogen-bond donors (Lipinski definition) is 1. The summed E-state index contributed by atoms with van der Waals surface area (Å²) in [5.41, 5.74) is 4.36. The zero-order chi connectivity index (χ0) is 24.6. The van der Waals surface area contributed by atoms with Crippen LogP contribution in [-0.4, -0.2) is 54.6 Å². The molecule has 1 fully saturated rings. The van der Waals surface area contributed by atoms with Crippen LogP contribution in [0.4, 0.5) is 0 Å². The van der Waals surface area contributed by atoms with Crippen LogP contribution in [0.25, 0.3) is 33.1 Å². The summed E-state index contributed by atoms with van der Waals surface area (Å²) in [7, 11) is -3.32. The molecule has 1 aliphatic heterocycles. The van der Waals surface area contributed by atoms with E-state index in [9.17, 15) is 13.2 Å². The summed E-state index contributed by atoms with van der Waals surface area (Å²) in [6.45, 7) is 5.67. The Morgan fingerprint density at radius 1 is 1.17 bits per heavy atom. The summed E-state index contributed by atoms with van der Waals surface area (Å²) >= 11 is 0. The molecule has 1 amide bonds. The van der Waals surface area contributed by atoms with Gasteiger partial charge in [-0.1, -0.05) is 19.1 Å². The van der Waals surface area contributed by atoms with Crippen LogP contribution in [0.3, 0.4) is 0 Å². The smallest absolute Gasteiger partial charge is 0.222 e. The highest BCUT2D eigenvalue weighted by Gasteiger charge is 2.20. The fourth-order valence-electron chi connectivity index (χ4n) is 4.73. The number of rotatable bonds is 8. The number of pyridine rings is 1. The third-order valence-corrected chi connectivity index (χ3v) is 8.32. The molecule has 8 heteroatoms. The third-order valence-electron chi connectivity index (χ3n) is 6.59. The van der Waals surface area contributed by atoms with Gasteiger partial charge in [-0.3, -0.25) is 4.79 Å². The summed E-state index contributed by atoms with van der Waals surface area (Å²) in [6.07, 6.45) is 4.15. The molecular formula is C27H29N3O4S. The molecule has 0 bridgehead atoms. The lowest BCUT2D eigenvalue weighted by molar-refractivity contribution is -0.127. The molecule has 4 aromatic rings. The first-order chi connectivity index (χ1) is 16.9. The maximum Gasteiger partial charge on any atom is 0.222 e. The molecule has 0 spiro atoms. The number of fused-ring (bicyclic) bond motifs is 3. The highest BCUT2D eigenvalue weighted by Crippen LogP contribution is 2.39. The van der Waals surface area contributed by atoms with Crippen LogP contribution in [0.5, 0.6) is 5.75 Å². The number of nitrogens with one attached hydrogen (secondary N) is 1. The van der Waals surface area contributed by atoms with Crippen molar-refractivity contribution in [2.75, 3.05) is 25.4 Å². The second-order valence-electron chi connectivity index (χ2n) is 9.01. The van der Waals surface area contributed by atoms with Crippen LogP contribution >= 0.6 is 0 Å². The quantitative estimate of drug-likeness (QED) is 0.355. The van der Waals surface area contributed by atoms with Gasteiger partial charge in [-0.2, -0.15) is 0 Å². The summed E-state index contributed by atoms with van der Waals surface area (Å²) in [4.78, 5) is 22.0. The van der Waals surface area contributed by atoms with Gasteiger partial charge in [-0.25, -0.2) is 13.4 Å². The zero-order valence-corrected chi connectivity index (χ0v) is 20.8. The van der Waals surface area contributed by atoms with E-state index < -0.39 is 9.84 Å². The van der Waals surface area contributed by atoms with Crippen molar-refractivity contribution in [3.63, 3.8) is 0 Å². The largest absolute Gasteiger partial charge is 0.491 e.